The molecule has 3 aliphatic rings. The Hall–Kier alpha value is -0.880. The van der Waals surface area contributed by atoms with Crippen LogP contribution in [0.15, 0.2) is 0 Å². The van der Waals surface area contributed by atoms with Gasteiger partial charge in [0.05, 0.1) is 0 Å². The Morgan fingerprint density at radius 1 is 0.955 bits per heavy atom. The van der Waals surface area contributed by atoms with Crippen LogP contribution >= 0.6 is 12.2 Å². The average Bonchev–Trinajstić information content (AvgIpc) is 3.10. The zero-order chi connectivity index (χ0) is 15.4. The molecule has 1 aliphatic carbocycles. The van der Waals surface area contributed by atoms with Gasteiger partial charge in [-0.1, -0.05) is 19.3 Å². The third-order valence-corrected chi connectivity index (χ3v) is 5.39. The lowest BCUT2D eigenvalue weighted by Crippen LogP contribution is -2.55. The summed E-state index contributed by atoms with van der Waals surface area (Å²) < 4.78 is 5.50. The molecular formula is C16H27N3O2S. The van der Waals surface area contributed by atoms with Crippen LogP contribution < -0.4 is 5.32 Å². The quantitative estimate of drug-likeness (QED) is 0.780. The summed E-state index contributed by atoms with van der Waals surface area (Å²) in [7, 11) is 0. The van der Waals surface area contributed by atoms with Gasteiger partial charge in [-0.3, -0.25) is 4.79 Å². The second-order valence-electron chi connectivity index (χ2n) is 6.60. The molecule has 0 aromatic carbocycles. The summed E-state index contributed by atoms with van der Waals surface area (Å²) in [6, 6.07) is 0.549. The number of nitrogens with one attached hydrogen (secondary N) is 1. The molecule has 0 radical (unpaired) electrons. The predicted molar refractivity (Wildman–Crippen MR) is 89.7 cm³/mol. The van der Waals surface area contributed by atoms with E-state index in [1.54, 1.807) is 0 Å². The van der Waals surface area contributed by atoms with Gasteiger partial charge in [0.1, 0.15) is 6.10 Å². The van der Waals surface area contributed by atoms with Gasteiger partial charge in [0.2, 0.25) is 0 Å². The SMILES string of the molecule is O=C([C@@H]1CCCO1)N1CCN(C(=S)NC2CCCCC2)CC1. The Labute approximate surface area is 138 Å². The van der Waals surface area contributed by atoms with E-state index >= 15 is 0 Å². The van der Waals surface area contributed by atoms with Crippen LogP contribution in [-0.4, -0.2) is 65.8 Å². The lowest BCUT2D eigenvalue weighted by molar-refractivity contribution is -0.142. The van der Waals surface area contributed by atoms with E-state index in [1.165, 1.54) is 32.1 Å². The highest BCUT2D eigenvalue weighted by atomic mass is 32.1. The molecule has 2 saturated heterocycles. The molecule has 1 N–H and O–H groups in total. The zero-order valence-corrected chi connectivity index (χ0v) is 14.1. The number of hydrogen-bond acceptors (Lipinski definition) is 3. The zero-order valence-electron chi connectivity index (χ0n) is 13.3. The minimum atomic E-state index is -0.195. The van der Waals surface area contributed by atoms with Crippen LogP contribution in [0.25, 0.3) is 0 Å². The lowest BCUT2D eigenvalue weighted by atomic mass is 9.96. The predicted octanol–water partition coefficient (Wildman–Crippen LogP) is 1.52. The molecule has 22 heavy (non-hydrogen) atoms. The van der Waals surface area contributed by atoms with E-state index in [-0.39, 0.29) is 12.0 Å². The van der Waals surface area contributed by atoms with E-state index in [4.69, 9.17) is 17.0 Å². The molecule has 1 amide bonds. The van der Waals surface area contributed by atoms with Crippen molar-refractivity contribution in [2.24, 2.45) is 0 Å². The first kappa shape index (κ1) is 16.0. The summed E-state index contributed by atoms with van der Waals surface area (Å²) in [6.45, 7) is 3.90. The molecule has 0 spiro atoms. The van der Waals surface area contributed by atoms with E-state index < -0.39 is 0 Å². The third kappa shape index (κ3) is 3.90. The van der Waals surface area contributed by atoms with Crippen molar-refractivity contribution >= 4 is 23.2 Å². The van der Waals surface area contributed by atoms with Crippen LogP contribution in [0.5, 0.6) is 0 Å². The standard InChI is InChI=1S/C16H27N3O2S/c20-15(14-7-4-12-21-14)18-8-10-19(11-9-18)16(22)17-13-5-2-1-3-6-13/h13-14H,1-12H2,(H,17,22)/t14-/m0/s1. The number of amides is 1. The van der Waals surface area contributed by atoms with Crippen molar-refractivity contribution in [1.82, 2.24) is 15.1 Å². The number of nitrogens with zero attached hydrogens (tertiary/aromatic N) is 2. The van der Waals surface area contributed by atoms with Crippen LogP contribution in [0.4, 0.5) is 0 Å². The van der Waals surface area contributed by atoms with Crippen molar-refractivity contribution in [2.75, 3.05) is 32.8 Å². The summed E-state index contributed by atoms with van der Waals surface area (Å²) in [5.74, 6) is 0.170. The Morgan fingerprint density at radius 3 is 2.27 bits per heavy atom. The molecule has 2 heterocycles. The summed E-state index contributed by atoms with van der Waals surface area (Å²) >= 11 is 5.55. The van der Waals surface area contributed by atoms with Crippen LogP contribution in [0.1, 0.15) is 44.9 Å². The Balaban J connectivity index is 1.42. The van der Waals surface area contributed by atoms with Gasteiger partial charge < -0.3 is 19.9 Å². The van der Waals surface area contributed by atoms with Gasteiger partial charge in [0, 0.05) is 38.8 Å². The van der Waals surface area contributed by atoms with Crippen molar-refractivity contribution in [2.45, 2.75) is 57.1 Å². The van der Waals surface area contributed by atoms with Crippen LogP contribution in [0.3, 0.4) is 0 Å². The first-order valence-electron chi connectivity index (χ1n) is 8.70. The highest BCUT2D eigenvalue weighted by Gasteiger charge is 2.31. The van der Waals surface area contributed by atoms with Crippen molar-refractivity contribution in [1.29, 1.82) is 0 Å². The Bertz CT molecular complexity index is 398. The van der Waals surface area contributed by atoms with E-state index in [1.807, 2.05) is 4.90 Å². The highest BCUT2D eigenvalue weighted by molar-refractivity contribution is 7.80. The second-order valence-corrected chi connectivity index (χ2v) is 6.99. The highest BCUT2D eigenvalue weighted by Crippen LogP contribution is 2.18. The first-order chi connectivity index (χ1) is 10.7. The van der Waals surface area contributed by atoms with Gasteiger partial charge in [-0.15, -0.1) is 0 Å². The fraction of sp³-hybridized carbons (Fsp3) is 0.875. The Morgan fingerprint density at radius 2 is 1.64 bits per heavy atom. The molecule has 0 aromatic heterocycles. The molecule has 5 nitrogen and oxygen atoms in total. The largest absolute Gasteiger partial charge is 0.368 e. The minimum absolute atomic E-state index is 0.170. The average molecular weight is 325 g/mol. The summed E-state index contributed by atoms with van der Waals surface area (Å²) in [5, 5.41) is 4.39. The summed E-state index contributed by atoms with van der Waals surface area (Å²) in [6.07, 6.45) is 8.13. The molecule has 6 heteroatoms. The monoisotopic (exact) mass is 325 g/mol. The van der Waals surface area contributed by atoms with Crippen LogP contribution in [-0.2, 0) is 9.53 Å². The molecule has 2 aliphatic heterocycles. The Kier molecular flexibility index (Phi) is 5.52. The number of ether oxygens (including phenoxy) is 1. The van der Waals surface area contributed by atoms with Crippen molar-refractivity contribution in [3.63, 3.8) is 0 Å². The molecule has 0 aromatic rings. The molecule has 1 saturated carbocycles. The van der Waals surface area contributed by atoms with E-state index in [2.05, 4.69) is 10.2 Å². The maximum Gasteiger partial charge on any atom is 0.251 e. The maximum atomic E-state index is 12.3. The molecule has 0 unspecified atom stereocenters. The smallest absolute Gasteiger partial charge is 0.251 e. The van der Waals surface area contributed by atoms with Crippen LogP contribution in [0, 0.1) is 0 Å². The van der Waals surface area contributed by atoms with Gasteiger partial charge in [-0.05, 0) is 37.9 Å². The van der Waals surface area contributed by atoms with E-state index in [0.29, 0.717) is 6.04 Å². The molecule has 0 bridgehead atoms. The first-order valence-corrected chi connectivity index (χ1v) is 9.11. The second kappa shape index (κ2) is 7.59. The fourth-order valence-electron chi connectivity index (χ4n) is 3.62. The number of piperazine rings is 1. The van der Waals surface area contributed by atoms with Crippen molar-refractivity contribution in [3.05, 3.63) is 0 Å². The fourth-order valence-corrected chi connectivity index (χ4v) is 3.97. The van der Waals surface area contributed by atoms with Crippen molar-refractivity contribution in [3.8, 4) is 0 Å². The molecule has 3 fully saturated rings. The van der Waals surface area contributed by atoms with Gasteiger partial charge >= 0.3 is 0 Å². The molecule has 124 valence electrons. The number of carbonyl (C=O) groups is 1. The van der Waals surface area contributed by atoms with E-state index in [0.717, 1.165) is 50.7 Å². The van der Waals surface area contributed by atoms with Gasteiger partial charge in [-0.25, -0.2) is 0 Å². The van der Waals surface area contributed by atoms with Gasteiger partial charge in [0.15, 0.2) is 5.11 Å². The number of rotatable bonds is 2. The van der Waals surface area contributed by atoms with Crippen LogP contribution in [0.2, 0.25) is 0 Å². The van der Waals surface area contributed by atoms with Gasteiger partial charge in [-0.2, -0.15) is 0 Å². The lowest BCUT2D eigenvalue weighted by Gasteiger charge is -2.38. The summed E-state index contributed by atoms with van der Waals surface area (Å²) in [4.78, 5) is 16.5. The molecule has 1 atom stereocenters. The molecule has 3 rings (SSSR count). The number of thiocarbonyl (C=S) groups is 1. The normalized spacial score (nSPS) is 27.0. The molecular weight excluding hydrogens is 298 g/mol. The minimum Gasteiger partial charge on any atom is -0.368 e. The third-order valence-electron chi connectivity index (χ3n) is 5.02. The van der Waals surface area contributed by atoms with Gasteiger partial charge in [0.25, 0.3) is 5.91 Å². The topological polar surface area (TPSA) is 44.8 Å². The number of carbonyl (C=O) groups excluding carboxylic acids is 1. The van der Waals surface area contributed by atoms with E-state index in [9.17, 15) is 4.79 Å². The summed E-state index contributed by atoms with van der Waals surface area (Å²) in [5.41, 5.74) is 0. The maximum absolute atomic E-state index is 12.3. The van der Waals surface area contributed by atoms with Crippen molar-refractivity contribution < 1.29 is 9.53 Å². The number of hydrogen-bond donors (Lipinski definition) is 1.